The fourth-order valence-corrected chi connectivity index (χ4v) is 2.92. The van der Waals surface area contributed by atoms with Gasteiger partial charge in [-0.25, -0.2) is 4.68 Å². The highest BCUT2D eigenvalue weighted by atomic mass is 16.5. The first-order chi connectivity index (χ1) is 13.7. The molecule has 0 atom stereocenters. The number of aliphatic hydroxyl groups is 2. The molecular formula is C23H20N2O3. The zero-order valence-electron chi connectivity index (χ0n) is 15.1. The van der Waals surface area contributed by atoms with Crippen molar-refractivity contribution in [2.24, 2.45) is 0 Å². The summed E-state index contributed by atoms with van der Waals surface area (Å²) < 4.78 is 7.59. The van der Waals surface area contributed by atoms with Crippen LogP contribution < -0.4 is 4.74 Å². The van der Waals surface area contributed by atoms with Gasteiger partial charge in [0.25, 0.3) is 0 Å². The number of aliphatic hydroxyl groups excluding tert-OH is 1. The van der Waals surface area contributed by atoms with Gasteiger partial charge in [0, 0.05) is 17.3 Å². The minimum absolute atomic E-state index is 0.437. The van der Waals surface area contributed by atoms with Crippen LogP contribution >= 0.6 is 0 Å². The van der Waals surface area contributed by atoms with E-state index in [0.717, 1.165) is 28.3 Å². The Hall–Kier alpha value is -3.41. The molecule has 0 saturated heterocycles. The molecule has 4 rings (SSSR count). The van der Waals surface area contributed by atoms with E-state index in [-0.39, 0.29) is 0 Å². The van der Waals surface area contributed by atoms with E-state index in [4.69, 9.17) is 4.74 Å². The van der Waals surface area contributed by atoms with Crippen molar-refractivity contribution in [3.8, 4) is 22.7 Å². The van der Waals surface area contributed by atoms with E-state index >= 15 is 0 Å². The van der Waals surface area contributed by atoms with E-state index in [1.165, 1.54) is 0 Å². The number of hydrogen-bond acceptors (Lipinski definition) is 4. The van der Waals surface area contributed by atoms with E-state index in [0.29, 0.717) is 12.2 Å². The molecule has 0 amide bonds. The largest absolute Gasteiger partial charge is 0.489 e. The van der Waals surface area contributed by atoms with Crippen molar-refractivity contribution >= 4 is 0 Å². The Bertz CT molecular complexity index is 1040. The third kappa shape index (κ3) is 4.11. The average Bonchev–Trinajstić information content (AvgIpc) is 3.24. The lowest BCUT2D eigenvalue weighted by Gasteiger charge is -2.08. The van der Waals surface area contributed by atoms with Gasteiger partial charge < -0.3 is 14.9 Å². The van der Waals surface area contributed by atoms with Crippen LogP contribution in [0.3, 0.4) is 0 Å². The summed E-state index contributed by atoms with van der Waals surface area (Å²) in [4.78, 5) is 0. The molecule has 0 aliphatic carbocycles. The summed E-state index contributed by atoms with van der Waals surface area (Å²) in [5, 5.41) is 23.3. The van der Waals surface area contributed by atoms with Crippen molar-refractivity contribution in [3.63, 3.8) is 0 Å². The van der Waals surface area contributed by atoms with Gasteiger partial charge in [0.15, 0.2) is 6.29 Å². The molecule has 0 bridgehead atoms. The summed E-state index contributed by atoms with van der Waals surface area (Å²) in [7, 11) is 0. The fraction of sp³-hybridized carbons (Fsp3) is 0.0870. The predicted octanol–water partition coefficient (Wildman–Crippen LogP) is 4.10. The summed E-state index contributed by atoms with van der Waals surface area (Å²) in [5.41, 5.74) is 4.06. The lowest BCUT2D eigenvalue weighted by atomic mass is 10.1. The van der Waals surface area contributed by atoms with E-state index < -0.39 is 6.29 Å². The molecular weight excluding hydrogens is 352 g/mol. The molecule has 3 aromatic carbocycles. The lowest BCUT2D eigenvalue weighted by molar-refractivity contribution is -0.0424. The van der Waals surface area contributed by atoms with Crippen molar-refractivity contribution in [1.29, 1.82) is 0 Å². The van der Waals surface area contributed by atoms with Gasteiger partial charge in [0.1, 0.15) is 12.4 Å². The zero-order valence-corrected chi connectivity index (χ0v) is 15.1. The highest BCUT2D eigenvalue weighted by Gasteiger charge is 2.08. The SMILES string of the molecule is OC(O)c1cccc(-c2ccn(-c3ccc(OCc4ccccc4)cc3)n2)c1. The number of benzene rings is 3. The monoisotopic (exact) mass is 372 g/mol. The summed E-state index contributed by atoms with van der Waals surface area (Å²) in [6.07, 6.45) is 0.377. The Morgan fingerprint density at radius 1 is 0.857 bits per heavy atom. The van der Waals surface area contributed by atoms with Crippen molar-refractivity contribution < 1.29 is 14.9 Å². The highest BCUT2D eigenvalue weighted by Crippen LogP contribution is 2.23. The van der Waals surface area contributed by atoms with Crippen LogP contribution in [-0.4, -0.2) is 20.0 Å². The van der Waals surface area contributed by atoms with Gasteiger partial charge in [-0.05, 0) is 42.0 Å². The third-order valence-electron chi connectivity index (χ3n) is 4.42. The molecule has 5 heteroatoms. The number of ether oxygens (including phenoxy) is 1. The first kappa shape index (κ1) is 18.0. The molecule has 4 aromatic rings. The van der Waals surface area contributed by atoms with Crippen molar-refractivity contribution in [1.82, 2.24) is 9.78 Å². The Labute approximate surface area is 163 Å². The Morgan fingerprint density at radius 3 is 2.39 bits per heavy atom. The molecule has 0 aliphatic heterocycles. The molecule has 28 heavy (non-hydrogen) atoms. The third-order valence-corrected chi connectivity index (χ3v) is 4.42. The average molecular weight is 372 g/mol. The second kappa shape index (κ2) is 8.08. The highest BCUT2D eigenvalue weighted by molar-refractivity contribution is 5.60. The normalized spacial score (nSPS) is 11.0. The molecule has 1 aromatic heterocycles. The fourth-order valence-electron chi connectivity index (χ4n) is 2.92. The summed E-state index contributed by atoms with van der Waals surface area (Å²) in [5.74, 6) is 0.796. The van der Waals surface area contributed by atoms with Crippen LogP contribution in [0.5, 0.6) is 5.75 Å². The maximum absolute atomic E-state index is 9.34. The molecule has 0 unspecified atom stereocenters. The Morgan fingerprint density at radius 2 is 1.64 bits per heavy atom. The van der Waals surface area contributed by atoms with Crippen LogP contribution in [-0.2, 0) is 6.61 Å². The van der Waals surface area contributed by atoms with Gasteiger partial charge in [0.2, 0.25) is 0 Å². The summed E-state index contributed by atoms with van der Waals surface area (Å²) >= 11 is 0. The summed E-state index contributed by atoms with van der Waals surface area (Å²) in [6.45, 7) is 0.527. The molecule has 140 valence electrons. The smallest absolute Gasteiger partial charge is 0.178 e. The van der Waals surface area contributed by atoms with Crippen LogP contribution in [0.4, 0.5) is 0 Å². The van der Waals surface area contributed by atoms with E-state index in [9.17, 15) is 10.2 Å². The molecule has 0 saturated carbocycles. The van der Waals surface area contributed by atoms with Crippen molar-refractivity contribution in [2.45, 2.75) is 12.9 Å². The van der Waals surface area contributed by atoms with E-state index in [1.54, 1.807) is 22.9 Å². The van der Waals surface area contributed by atoms with Gasteiger partial charge in [-0.2, -0.15) is 5.10 Å². The molecule has 0 radical (unpaired) electrons. The Balaban J connectivity index is 1.47. The first-order valence-corrected chi connectivity index (χ1v) is 8.98. The van der Waals surface area contributed by atoms with E-state index in [1.807, 2.05) is 72.9 Å². The number of hydrogen-bond donors (Lipinski definition) is 2. The quantitative estimate of drug-likeness (QED) is 0.500. The van der Waals surface area contributed by atoms with Gasteiger partial charge in [-0.1, -0.05) is 48.5 Å². The van der Waals surface area contributed by atoms with Crippen LogP contribution in [0.2, 0.25) is 0 Å². The standard InChI is InChI=1S/C23H20N2O3/c26-23(27)19-8-4-7-18(15-19)22-13-14-25(24-22)20-9-11-21(12-10-20)28-16-17-5-2-1-3-6-17/h1-15,23,26-27H,16H2. The van der Waals surface area contributed by atoms with Crippen LogP contribution in [0, 0.1) is 0 Å². The van der Waals surface area contributed by atoms with E-state index in [2.05, 4.69) is 5.10 Å². The zero-order chi connectivity index (χ0) is 19.3. The molecule has 0 spiro atoms. The topological polar surface area (TPSA) is 67.5 Å². The molecule has 1 heterocycles. The molecule has 5 nitrogen and oxygen atoms in total. The van der Waals surface area contributed by atoms with Gasteiger partial charge in [-0.15, -0.1) is 0 Å². The van der Waals surface area contributed by atoms with Crippen LogP contribution in [0.15, 0.2) is 91.1 Å². The first-order valence-electron chi connectivity index (χ1n) is 8.98. The number of aromatic nitrogens is 2. The molecule has 0 fully saturated rings. The lowest BCUT2D eigenvalue weighted by Crippen LogP contribution is -1.98. The Kier molecular flexibility index (Phi) is 5.19. The number of nitrogens with zero attached hydrogens (tertiary/aromatic N) is 2. The minimum Gasteiger partial charge on any atom is -0.489 e. The van der Waals surface area contributed by atoms with Crippen LogP contribution in [0.25, 0.3) is 16.9 Å². The molecule has 2 N–H and O–H groups in total. The number of rotatable bonds is 6. The van der Waals surface area contributed by atoms with Gasteiger partial charge >= 0.3 is 0 Å². The minimum atomic E-state index is -1.49. The maximum Gasteiger partial charge on any atom is 0.178 e. The predicted molar refractivity (Wildman–Crippen MR) is 107 cm³/mol. The van der Waals surface area contributed by atoms with Crippen molar-refractivity contribution in [3.05, 3.63) is 102 Å². The van der Waals surface area contributed by atoms with Crippen LogP contribution in [0.1, 0.15) is 17.4 Å². The maximum atomic E-state index is 9.34. The van der Waals surface area contributed by atoms with Crippen molar-refractivity contribution in [2.75, 3.05) is 0 Å². The summed E-state index contributed by atoms with van der Waals surface area (Å²) in [6, 6.07) is 26.7. The second-order valence-corrected chi connectivity index (χ2v) is 6.41. The van der Waals surface area contributed by atoms with Gasteiger partial charge in [0.05, 0.1) is 11.4 Å². The second-order valence-electron chi connectivity index (χ2n) is 6.41. The molecule has 0 aliphatic rings. The van der Waals surface area contributed by atoms with Gasteiger partial charge in [-0.3, -0.25) is 0 Å².